The van der Waals surface area contributed by atoms with Crippen LogP contribution in [-0.4, -0.2) is 28.0 Å². The van der Waals surface area contributed by atoms with Crippen LogP contribution in [0.15, 0.2) is 48.8 Å². The molecule has 6 rings (SSSR count). The first-order valence-electron chi connectivity index (χ1n) is 11.9. The van der Waals surface area contributed by atoms with Gasteiger partial charge in [0.15, 0.2) is 0 Å². The zero-order valence-corrected chi connectivity index (χ0v) is 19.6. The number of benzene rings is 2. The van der Waals surface area contributed by atoms with E-state index in [2.05, 4.69) is 63.5 Å². The summed E-state index contributed by atoms with van der Waals surface area (Å²) in [5, 5.41) is 5.13. The Balaban J connectivity index is 1.35. The lowest BCUT2D eigenvalue weighted by molar-refractivity contribution is 0.578. The fourth-order valence-electron chi connectivity index (χ4n) is 4.88. The summed E-state index contributed by atoms with van der Waals surface area (Å²) in [6.45, 7) is 4.36. The predicted molar refractivity (Wildman–Crippen MR) is 137 cm³/mol. The monoisotopic (exact) mass is 457 g/mol. The number of aromatic nitrogens is 3. The fourth-order valence-corrected chi connectivity index (χ4v) is 5.07. The number of aryl methyl sites for hydroxylation is 1. The van der Waals surface area contributed by atoms with Crippen LogP contribution in [0, 0.1) is 6.92 Å². The molecule has 0 amide bonds. The Kier molecular flexibility index (Phi) is 5.22. The first-order valence-corrected chi connectivity index (χ1v) is 12.3. The van der Waals surface area contributed by atoms with E-state index in [0.717, 1.165) is 40.9 Å². The number of fused-ring (bicyclic) bond motifs is 1. The van der Waals surface area contributed by atoms with E-state index in [9.17, 15) is 0 Å². The zero-order valence-electron chi connectivity index (χ0n) is 18.9. The Morgan fingerprint density at radius 2 is 1.91 bits per heavy atom. The zero-order chi connectivity index (χ0) is 22.4. The van der Waals surface area contributed by atoms with Gasteiger partial charge in [-0.15, -0.1) is 0 Å². The third kappa shape index (κ3) is 4.18. The van der Waals surface area contributed by atoms with Crippen LogP contribution < -0.4 is 10.2 Å². The molecule has 2 N–H and O–H groups in total. The highest BCUT2D eigenvalue weighted by Crippen LogP contribution is 2.43. The quantitative estimate of drug-likeness (QED) is 0.332. The molecule has 4 aromatic rings. The predicted octanol–water partition coefficient (Wildman–Crippen LogP) is 7.20. The van der Waals surface area contributed by atoms with E-state index in [1.54, 1.807) is 6.20 Å². The lowest BCUT2D eigenvalue weighted by Gasteiger charge is -2.29. The number of rotatable bonds is 5. The highest BCUT2D eigenvalue weighted by Gasteiger charge is 2.25. The summed E-state index contributed by atoms with van der Waals surface area (Å²) in [6, 6.07) is 13.3. The third-order valence-corrected chi connectivity index (χ3v) is 7.08. The topological polar surface area (TPSA) is 56.8 Å². The minimum atomic E-state index is 0.544. The molecular weight excluding hydrogens is 430 g/mol. The maximum Gasteiger partial charge on any atom is 0.227 e. The molecule has 2 aliphatic rings. The van der Waals surface area contributed by atoms with Gasteiger partial charge in [0.25, 0.3) is 0 Å². The third-order valence-electron chi connectivity index (χ3n) is 6.80. The summed E-state index contributed by atoms with van der Waals surface area (Å²) in [5.41, 5.74) is 7.79. The van der Waals surface area contributed by atoms with Crippen LogP contribution in [-0.2, 0) is 0 Å². The Hall–Kier alpha value is -3.05. The number of hydrogen-bond donors (Lipinski definition) is 2. The van der Waals surface area contributed by atoms with E-state index in [-0.39, 0.29) is 0 Å². The number of H-pyrrole nitrogens is 1. The molecule has 5 nitrogen and oxygen atoms in total. The SMILES string of the molecule is Cc1ccc2c(-c3nc(Nc4cc(C5CC5)cc(N5CCCCC5)c4)ncc3Cl)c[nH]c2c1. The number of nitrogens with one attached hydrogen (secondary N) is 2. The van der Waals surface area contributed by atoms with Crippen molar-refractivity contribution in [3.63, 3.8) is 0 Å². The standard InChI is InChI=1S/C27H28ClN5/c1-17-5-8-22-23(15-29-25(22)11-17)26-24(28)16-30-27(32-26)31-20-12-19(18-6-7-18)13-21(14-20)33-9-3-2-4-10-33/h5,8,11-16,18,29H,2-4,6-7,9-10H2,1H3,(H,30,31,32). The van der Waals surface area contributed by atoms with Gasteiger partial charge < -0.3 is 15.2 Å². The van der Waals surface area contributed by atoms with Crippen molar-refractivity contribution in [2.75, 3.05) is 23.3 Å². The molecule has 168 valence electrons. The fraction of sp³-hybridized carbons (Fsp3) is 0.333. The minimum absolute atomic E-state index is 0.544. The van der Waals surface area contributed by atoms with Crippen LogP contribution in [0.1, 0.15) is 49.1 Å². The first kappa shape index (κ1) is 20.5. The van der Waals surface area contributed by atoms with Crippen molar-refractivity contribution in [1.29, 1.82) is 0 Å². The Labute approximate surface area is 199 Å². The summed E-state index contributed by atoms with van der Waals surface area (Å²) in [6.07, 6.45) is 10.1. The van der Waals surface area contributed by atoms with Gasteiger partial charge in [-0.25, -0.2) is 9.97 Å². The molecular formula is C27H28ClN5. The largest absolute Gasteiger partial charge is 0.371 e. The summed E-state index contributed by atoms with van der Waals surface area (Å²) >= 11 is 6.55. The van der Waals surface area contributed by atoms with Gasteiger partial charge in [-0.3, -0.25) is 0 Å². The molecule has 1 saturated carbocycles. The smallest absolute Gasteiger partial charge is 0.227 e. The number of nitrogens with zero attached hydrogens (tertiary/aromatic N) is 3. The number of piperidine rings is 1. The second-order valence-corrected chi connectivity index (χ2v) is 9.81. The van der Waals surface area contributed by atoms with Gasteiger partial charge in [0.05, 0.1) is 16.9 Å². The molecule has 2 fully saturated rings. The van der Waals surface area contributed by atoms with Crippen molar-refractivity contribution >= 4 is 39.8 Å². The number of anilines is 3. The highest BCUT2D eigenvalue weighted by molar-refractivity contribution is 6.33. The van der Waals surface area contributed by atoms with Crippen molar-refractivity contribution in [3.8, 4) is 11.3 Å². The van der Waals surface area contributed by atoms with Crippen LogP contribution in [0.25, 0.3) is 22.2 Å². The second-order valence-electron chi connectivity index (χ2n) is 9.40. The summed E-state index contributed by atoms with van der Waals surface area (Å²) in [7, 11) is 0. The number of aromatic amines is 1. The lowest BCUT2D eigenvalue weighted by atomic mass is 10.1. The Bertz CT molecular complexity index is 1320. The van der Waals surface area contributed by atoms with E-state index in [0.29, 0.717) is 16.9 Å². The van der Waals surface area contributed by atoms with Crippen LogP contribution >= 0.6 is 11.6 Å². The summed E-state index contributed by atoms with van der Waals surface area (Å²) < 4.78 is 0. The van der Waals surface area contributed by atoms with E-state index in [4.69, 9.17) is 16.6 Å². The van der Waals surface area contributed by atoms with E-state index in [1.165, 1.54) is 48.9 Å². The summed E-state index contributed by atoms with van der Waals surface area (Å²) in [4.78, 5) is 15.2. The Morgan fingerprint density at radius 3 is 2.73 bits per heavy atom. The van der Waals surface area contributed by atoms with Gasteiger partial charge in [-0.05, 0) is 80.3 Å². The highest BCUT2D eigenvalue weighted by atomic mass is 35.5. The van der Waals surface area contributed by atoms with Crippen molar-refractivity contribution in [2.45, 2.75) is 44.9 Å². The molecule has 1 aliphatic heterocycles. The van der Waals surface area contributed by atoms with Gasteiger partial charge in [0.1, 0.15) is 0 Å². The number of hydrogen-bond acceptors (Lipinski definition) is 4. The van der Waals surface area contributed by atoms with Crippen molar-refractivity contribution < 1.29 is 0 Å². The number of halogens is 1. The van der Waals surface area contributed by atoms with Gasteiger partial charge in [-0.1, -0.05) is 23.7 Å². The van der Waals surface area contributed by atoms with E-state index in [1.807, 2.05) is 6.20 Å². The Morgan fingerprint density at radius 1 is 1.06 bits per heavy atom. The van der Waals surface area contributed by atoms with Crippen LogP contribution in [0.5, 0.6) is 0 Å². The van der Waals surface area contributed by atoms with E-state index >= 15 is 0 Å². The molecule has 3 heterocycles. The lowest BCUT2D eigenvalue weighted by Crippen LogP contribution is -2.29. The molecule has 2 aromatic carbocycles. The molecule has 0 spiro atoms. The summed E-state index contributed by atoms with van der Waals surface area (Å²) in [5.74, 6) is 1.25. The molecule has 1 saturated heterocycles. The van der Waals surface area contributed by atoms with Crippen molar-refractivity contribution in [2.24, 2.45) is 0 Å². The average Bonchev–Trinajstić information content (AvgIpc) is 3.61. The normalized spacial score (nSPS) is 16.4. The molecule has 2 aromatic heterocycles. The molecule has 6 heteroatoms. The average molecular weight is 458 g/mol. The molecule has 0 radical (unpaired) electrons. The van der Waals surface area contributed by atoms with E-state index < -0.39 is 0 Å². The van der Waals surface area contributed by atoms with Crippen molar-refractivity contribution in [1.82, 2.24) is 15.0 Å². The van der Waals surface area contributed by atoms with Gasteiger partial charge in [-0.2, -0.15) is 0 Å². The minimum Gasteiger partial charge on any atom is -0.371 e. The van der Waals surface area contributed by atoms with Crippen molar-refractivity contribution in [3.05, 3.63) is 64.9 Å². The first-order chi connectivity index (χ1) is 16.1. The van der Waals surface area contributed by atoms with Gasteiger partial charge >= 0.3 is 0 Å². The molecule has 1 aliphatic carbocycles. The maximum absolute atomic E-state index is 6.55. The molecule has 0 unspecified atom stereocenters. The maximum atomic E-state index is 6.55. The molecule has 0 bridgehead atoms. The van der Waals surface area contributed by atoms with Gasteiger partial charge in [0.2, 0.25) is 5.95 Å². The second kappa shape index (κ2) is 8.38. The molecule has 0 atom stereocenters. The van der Waals surface area contributed by atoms with Gasteiger partial charge in [0, 0.05) is 47.1 Å². The van der Waals surface area contributed by atoms with Crippen LogP contribution in [0.2, 0.25) is 5.02 Å². The molecule has 33 heavy (non-hydrogen) atoms. The van der Waals surface area contributed by atoms with Crippen LogP contribution in [0.4, 0.5) is 17.3 Å². The van der Waals surface area contributed by atoms with Crippen LogP contribution in [0.3, 0.4) is 0 Å².